The summed E-state index contributed by atoms with van der Waals surface area (Å²) in [6.07, 6.45) is 3.36. The Kier molecular flexibility index (Phi) is 4.41. The van der Waals surface area contributed by atoms with E-state index in [0.717, 1.165) is 29.2 Å². The van der Waals surface area contributed by atoms with Crippen LogP contribution in [0.25, 0.3) is 11.3 Å². The minimum Gasteiger partial charge on any atom is -0.480 e. The predicted octanol–water partition coefficient (Wildman–Crippen LogP) is 4.03. The van der Waals surface area contributed by atoms with E-state index in [1.165, 1.54) is 0 Å². The molecule has 1 spiro atoms. The van der Waals surface area contributed by atoms with E-state index in [-0.39, 0.29) is 5.91 Å². The van der Waals surface area contributed by atoms with E-state index in [9.17, 15) is 4.79 Å². The standard InChI is InChI=1S/C23H26N4O3/c1-15(2)13-27-14-24-20-17-6-4-5-7-19(17)29-23(21(20)27)8-10-26(11-9-23)22(28)18-12-16(3)30-25-18/h4-7,12,14-15H,8-11,13H2,1-3H3. The molecule has 5 rings (SSSR count). The fraction of sp³-hybridized carbons (Fsp3) is 0.435. The second-order valence-electron chi connectivity index (χ2n) is 8.70. The van der Waals surface area contributed by atoms with Crippen LogP contribution in [0.1, 0.15) is 48.6 Å². The maximum absolute atomic E-state index is 12.8. The molecule has 156 valence electrons. The summed E-state index contributed by atoms with van der Waals surface area (Å²) >= 11 is 0. The fourth-order valence-corrected chi connectivity index (χ4v) is 4.64. The maximum Gasteiger partial charge on any atom is 0.276 e. The summed E-state index contributed by atoms with van der Waals surface area (Å²) in [5, 5.41) is 3.89. The van der Waals surface area contributed by atoms with E-state index in [0.29, 0.717) is 43.3 Å². The van der Waals surface area contributed by atoms with Gasteiger partial charge < -0.3 is 18.7 Å². The van der Waals surface area contributed by atoms with Crippen LogP contribution in [0.2, 0.25) is 0 Å². The van der Waals surface area contributed by atoms with Crippen LogP contribution in [0.15, 0.2) is 41.2 Å². The lowest BCUT2D eigenvalue weighted by Gasteiger charge is -2.44. The summed E-state index contributed by atoms with van der Waals surface area (Å²) < 4.78 is 14.0. The van der Waals surface area contributed by atoms with Gasteiger partial charge >= 0.3 is 0 Å². The molecular formula is C23H26N4O3. The third kappa shape index (κ3) is 3.00. The Labute approximate surface area is 175 Å². The van der Waals surface area contributed by atoms with Crippen molar-refractivity contribution in [1.82, 2.24) is 19.6 Å². The van der Waals surface area contributed by atoms with Gasteiger partial charge in [-0.05, 0) is 25.0 Å². The largest absolute Gasteiger partial charge is 0.480 e. The molecule has 1 fully saturated rings. The van der Waals surface area contributed by atoms with Crippen LogP contribution in [0.3, 0.4) is 0 Å². The molecule has 0 bridgehead atoms. The lowest BCUT2D eigenvalue weighted by atomic mass is 9.83. The smallest absolute Gasteiger partial charge is 0.276 e. The van der Waals surface area contributed by atoms with Crippen LogP contribution in [-0.4, -0.2) is 38.6 Å². The predicted molar refractivity (Wildman–Crippen MR) is 111 cm³/mol. The number of imidazole rings is 1. The lowest BCUT2D eigenvalue weighted by molar-refractivity contribution is -0.00783. The molecule has 1 amide bonds. The van der Waals surface area contributed by atoms with Gasteiger partial charge in [0.1, 0.15) is 11.5 Å². The molecule has 0 unspecified atom stereocenters. The Morgan fingerprint density at radius 1 is 1.23 bits per heavy atom. The number of aromatic nitrogens is 3. The molecule has 3 aromatic rings. The van der Waals surface area contributed by atoms with Crippen LogP contribution >= 0.6 is 0 Å². The molecule has 2 aromatic heterocycles. The van der Waals surface area contributed by atoms with Crippen LogP contribution in [0.5, 0.6) is 5.75 Å². The molecule has 0 N–H and O–H groups in total. The molecule has 1 aromatic carbocycles. The number of rotatable bonds is 3. The summed E-state index contributed by atoms with van der Waals surface area (Å²) in [7, 11) is 0. The molecular weight excluding hydrogens is 380 g/mol. The zero-order chi connectivity index (χ0) is 20.9. The Balaban J connectivity index is 1.48. The Morgan fingerprint density at radius 2 is 2.00 bits per heavy atom. The van der Waals surface area contributed by atoms with Gasteiger partial charge in [-0.2, -0.15) is 0 Å². The molecule has 30 heavy (non-hydrogen) atoms. The highest BCUT2D eigenvalue weighted by Crippen LogP contribution is 2.49. The number of hydrogen-bond acceptors (Lipinski definition) is 5. The highest BCUT2D eigenvalue weighted by molar-refractivity contribution is 5.92. The summed E-state index contributed by atoms with van der Waals surface area (Å²) in [5.74, 6) is 1.91. The van der Waals surface area contributed by atoms with Gasteiger partial charge in [-0.25, -0.2) is 4.98 Å². The molecule has 4 heterocycles. The summed E-state index contributed by atoms with van der Waals surface area (Å²) in [6, 6.07) is 9.78. The topological polar surface area (TPSA) is 73.4 Å². The Bertz CT molecular complexity index is 1090. The fourth-order valence-electron chi connectivity index (χ4n) is 4.64. The molecule has 2 aliphatic heterocycles. The van der Waals surface area contributed by atoms with E-state index >= 15 is 0 Å². The highest BCUT2D eigenvalue weighted by atomic mass is 16.5. The van der Waals surface area contributed by atoms with Crippen molar-refractivity contribution in [2.75, 3.05) is 13.1 Å². The molecule has 7 nitrogen and oxygen atoms in total. The van der Waals surface area contributed by atoms with Gasteiger partial charge in [0.05, 0.1) is 17.7 Å². The number of carbonyl (C=O) groups is 1. The Hall–Kier alpha value is -3.09. The van der Waals surface area contributed by atoms with E-state index in [4.69, 9.17) is 14.2 Å². The number of carbonyl (C=O) groups excluding carboxylic acids is 1. The number of fused-ring (bicyclic) bond motifs is 4. The first-order valence-electron chi connectivity index (χ1n) is 10.5. The van der Waals surface area contributed by atoms with Crippen molar-refractivity contribution in [3.63, 3.8) is 0 Å². The number of amides is 1. The molecule has 0 radical (unpaired) electrons. The SMILES string of the molecule is Cc1cc(C(=O)N2CCC3(CC2)Oc2ccccc2-c2ncn(CC(C)C)c23)no1. The monoisotopic (exact) mass is 406 g/mol. The Morgan fingerprint density at radius 3 is 2.70 bits per heavy atom. The molecule has 7 heteroatoms. The van der Waals surface area contributed by atoms with Crippen LogP contribution in [0.4, 0.5) is 0 Å². The van der Waals surface area contributed by atoms with E-state index in [2.05, 4.69) is 29.6 Å². The number of nitrogens with zero attached hydrogens (tertiary/aromatic N) is 4. The van der Waals surface area contributed by atoms with Crippen molar-refractivity contribution >= 4 is 5.91 Å². The van der Waals surface area contributed by atoms with E-state index in [1.807, 2.05) is 29.4 Å². The highest BCUT2D eigenvalue weighted by Gasteiger charge is 2.47. The van der Waals surface area contributed by atoms with Crippen molar-refractivity contribution < 1.29 is 14.1 Å². The average Bonchev–Trinajstić information content (AvgIpc) is 3.35. The quantitative estimate of drug-likeness (QED) is 0.657. The first-order valence-corrected chi connectivity index (χ1v) is 10.5. The number of piperidine rings is 1. The molecule has 0 saturated carbocycles. The van der Waals surface area contributed by atoms with Gasteiger partial charge in [0.2, 0.25) is 0 Å². The number of hydrogen-bond donors (Lipinski definition) is 0. The van der Waals surface area contributed by atoms with Gasteiger partial charge in [0.25, 0.3) is 5.91 Å². The molecule has 2 aliphatic rings. The van der Waals surface area contributed by atoms with Crippen molar-refractivity contribution in [2.45, 2.75) is 45.8 Å². The third-order valence-electron chi connectivity index (χ3n) is 5.98. The summed E-state index contributed by atoms with van der Waals surface area (Å²) in [6.45, 7) is 8.28. The van der Waals surface area contributed by atoms with Crippen molar-refractivity contribution in [3.05, 3.63) is 53.8 Å². The lowest BCUT2D eigenvalue weighted by Crippen LogP contribution is -2.50. The van der Waals surface area contributed by atoms with Crippen molar-refractivity contribution in [3.8, 4) is 17.0 Å². The minimum atomic E-state index is -0.481. The van der Waals surface area contributed by atoms with Gasteiger partial charge in [-0.15, -0.1) is 0 Å². The summed E-state index contributed by atoms with van der Waals surface area (Å²) in [4.78, 5) is 19.5. The van der Waals surface area contributed by atoms with Crippen LogP contribution < -0.4 is 4.74 Å². The maximum atomic E-state index is 12.8. The van der Waals surface area contributed by atoms with E-state index in [1.54, 1.807) is 13.0 Å². The van der Waals surface area contributed by atoms with Gasteiger partial charge in [-0.1, -0.05) is 31.1 Å². The van der Waals surface area contributed by atoms with Crippen molar-refractivity contribution in [1.29, 1.82) is 0 Å². The van der Waals surface area contributed by atoms with Gasteiger partial charge in [-0.3, -0.25) is 4.79 Å². The van der Waals surface area contributed by atoms with Gasteiger partial charge in [0, 0.05) is 44.1 Å². The first kappa shape index (κ1) is 18.9. The summed E-state index contributed by atoms with van der Waals surface area (Å²) in [5.41, 5.74) is 3.07. The average molecular weight is 406 g/mol. The second kappa shape index (κ2) is 7.00. The number of ether oxygens (including phenoxy) is 1. The van der Waals surface area contributed by atoms with Crippen LogP contribution in [0, 0.1) is 12.8 Å². The third-order valence-corrected chi connectivity index (χ3v) is 5.98. The number of aryl methyl sites for hydroxylation is 1. The minimum absolute atomic E-state index is 0.0891. The molecule has 1 saturated heterocycles. The second-order valence-corrected chi connectivity index (χ2v) is 8.70. The van der Waals surface area contributed by atoms with Gasteiger partial charge in [0.15, 0.2) is 11.3 Å². The van der Waals surface area contributed by atoms with Crippen molar-refractivity contribution in [2.24, 2.45) is 5.92 Å². The normalized spacial score (nSPS) is 17.0. The zero-order valence-corrected chi connectivity index (χ0v) is 17.6. The zero-order valence-electron chi connectivity index (χ0n) is 17.6. The first-order chi connectivity index (χ1) is 14.5. The number of benzene rings is 1. The van der Waals surface area contributed by atoms with Crippen LogP contribution in [-0.2, 0) is 12.1 Å². The molecule has 0 atom stereocenters. The molecule has 0 aliphatic carbocycles. The number of para-hydroxylation sites is 1. The van der Waals surface area contributed by atoms with E-state index < -0.39 is 5.60 Å². The number of likely N-dealkylation sites (tertiary alicyclic amines) is 1.